The van der Waals surface area contributed by atoms with Crippen LogP contribution in [-0.4, -0.2) is 10.2 Å². The van der Waals surface area contributed by atoms with Gasteiger partial charge in [0.1, 0.15) is 0 Å². The molecule has 1 heterocycles. The summed E-state index contributed by atoms with van der Waals surface area (Å²) in [5, 5.41) is 7.24. The lowest BCUT2D eigenvalue weighted by Crippen LogP contribution is -1.90. The van der Waals surface area contributed by atoms with Gasteiger partial charge in [-0.15, -0.1) is 0 Å². The van der Waals surface area contributed by atoms with Crippen LogP contribution >= 0.6 is 15.9 Å². The number of aryl methyl sites for hydroxylation is 1. The third-order valence-electron chi connectivity index (χ3n) is 3.59. The minimum Gasteiger partial charge on any atom is -0.382 e. The van der Waals surface area contributed by atoms with Crippen molar-refractivity contribution in [2.45, 2.75) is 13.3 Å². The van der Waals surface area contributed by atoms with Gasteiger partial charge in [-0.2, -0.15) is 5.10 Å². The van der Waals surface area contributed by atoms with Gasteiger partial charge in [-0.1, -0.05) is 65.3 Å². The van der Waals surface area contributed by atoms with Crippen LogP contribution in [0.15, 0.2) is 53.0 Å². The molecule has 0 unspecified atom stereocenters. The lowest BCUT2D eigenvalue weighted by molar-refractivity contribution is 1.10. The highest BCUT2D eigenvalue weighted by atomic mass is 79.9. The van der Waals surface area contributed by atoms with Gasteiger partial charge in [0.15, 0.2) is 5.82 Å². The van der Waals surface area contributed by atoms with E-state index in [0.29, 0.717) is 5.82 Å². The van der Waals surface area contributed by atoms with Gasteiger partial charge in [0.2, 0.25) is 0 Å². The first-order valence-corrected chi connectivity index (χ1v) is 7.68. The smallest absolute Gasteiger partial charge is 0.153 e. The molecule has 106 valence electrons. The molecule has 0 saturated carbocycles. The van der Waals surface area contributed by atoms with Crippen LogP contribution < -0.4 is 5.73 Å². The van der Waals surface area contributed by atoms with Crippen molar-refractivity contribution < 1.29 is 0 Å². The van der Waals surface area contributed by atoms with Crippen LogP contribution in [0.1, 0.15) is 12.5 Å². The van der Waals surface area contributed by atoms with E-state index in [-0.39, 0.29) is 0 Å². The standard InChI is InChI=1S/C17H16BrN3/c1-2-11-7-9-12(10-8-11)16-15(17(19)21-20-16)13-5-3-4-6-14(13)18/h3-10H,2H2,1H3,(H3,19,20,21). The third-order valence-corrected chi connectivity index (χ3v) is 4.28. The van der Waals surface area contributed by atoms with Gasteiger partial charge in [0.25, 0.3) is 0 Å². The Morgan fingerprint density at radius 2 is 1.81 bits per heavy atom. The molecule has 0 radical (unpaired) electrons. The van der Waals surface area contributed by atoms with Crippen molar-refractivity contribution in [2.24, 2.45) is 0 Å². The van der Waals surface area contributed by atoms with Crippen molar-refractivity contribution in [3.8, 4) is 22.4 Å². The summed E-state index contributed by atoms with van der Waals surface area (Å²) in [7, 11) is 0. The van der Waals surface area contributed by atoms with Crippen LogP contribution in [0.3, 0.4) is 0 Å². The van der Waals surface area contributed by atoms with E-state index in [1.54, 1.807) is 0 Å². The van der Waals surface area contributed by atoms with Crippen LogP contribution in [0, 0.1) is 0 Å². The highest BCUT2D eigenvalue weighted by molar-refractivity contribution is 9.10. The largest absolute Gasteiger partial charge is 0.382 e. The minimum absolute atomic E-state index is 0.511. The van der Waals surface area contributed by atoms with Crippen LogP contribution in [0.2, 0.25) is 0 Å². The maximum absolute atomic E-state index is 6.07. The fourth-order valence-electron chi connectivity index (χ4n) is 2.41. The molecule has 0 amide bonds. The molecular weight excluding hydrogens is 326 g/mol. The molecule has 0 atom stereocenters. The summed E-state index contributed by atoms with van der Waals surface area (Å²) < 4.78 is 1.00. The first kappa shape index (κ1) is 13.9. The number of hydrogen-bond donors (Lipinski definition) is 2. The van der Waals surface area contributed by atoms with E-state index in [1.165, 1.54) is 5.56 Å². The topological polar surface area (TPSA) is 54.7 Å². The zero-order chi connectivity index (χ0) is 14.8. The summed E-state index contributed by atoms with van der Waals surface area (Å²) >= 11 is 3.58. The van der Waals surface area contributed by atoms with Gasteiger partial charge in [0, 0.05) is 15.6 Å². The zero-order valence-electron chi connectivity index (χ0n) is 11.7. The lowest BCUT2D eigenvalue weighted by atomic mass is 10.00. The van der Waals surface area contributed by atoms with Crippen molar-refractivity contribution >= 4 is 21.7 Å². The Labute approximate surface area is 132 Å². The quantitative estimate of drug-likeness (QED) is 0.728. The number of anilines is 1. The van der Waals surface area contributed by atoms with E-state index in [4.69, 9.17) is 5.73 Å². The third kappa shape index (κ3) is 2.59. The van der Waals surface area contributed by atoms with Gasteiger partial charge in [-0.3, -0.25) is 5.10 Å². The highest BCUT2D eigenvalue weighted by Crippen LogP contribution is 2.38. The zero-order valence-corrected chi connectivity index (χ0v) is 13.3. The number of nitrogen functional groups attached to an aromatic ring is 1. The molecule has 0 aliphatic rings. The maximum Gasteiger partial charge on any atom is 0.153 e. The van der Waals surface area contributed by atoms with Gasteiger partial charge in [-0.05, 0) is 18.1 Å². The Morgan fingerprint density at radius 3 is 2.48 bits per heavy atom. The number of nitrogens with zero attached hydrogens (tertiary/aromatic N) is 1. The molecule has 3 N–H and O–H groups in total. The second-order valence-electron chi connectivity index (χ2n) is 4.89. The first-order chi connectivity index (χ1) is 10.2. The summed E-state index contributed by atoms with van der Waals surface area (Å²) in [6.45, 7) is 2.15. The van der Waals surface area contributed by atoms with Gasteiger partial charge >= 0.3 is 0 Å². The molecule has 2 aromatic carbocycles. The molecule has 0 aliphatic heterocycles. The summed E-state index contributed by atoms with van der Waals surface area (Å²) in [6.07, 6.45) is 1.03. The molecule has 1 aromatic heterocycles. The molecule has 0 fully saturated rings. The number of hydrogen-bond acceptors (Lipinski definition) is 2. The van der Waals surface area contributed by atoms with Crippen LogP contribution in [0.25, 0.3) is 22.4 Å². The van der Waals surface area contributed by atoms with Crippen molar-refractivity contribution in [3.05, 3.63) is 58.6 Å². The monoisotopic (exact) mass is 341 g/mol. The Kier molecular flexibility index (Phi) is 3.80. The maximum atomic E-state index is 6.07. The molecule has 0 spiro atoms. The van der Waals surface area contributed by atoms with E-state index in [1.807, 2.05) is 24.3 Å². The summed E-state index contributed by atoms with van der Waals surface area (Å²) in [4.78, 5) is 0. The first-order valence-electron chi connectivity index (χ1n) is 6.88. The molecule has 21 heavy (non-hydrogen) atoms. The van der Waals surface area contributed by atoms with Crippen molar-refractivity contribution in [3.63, 3.8) is 0 Å². The molecular formula is C17H16BrN3. The molecule has 3 rings (SSSR count). The number of aromatic amines is 1. The van der Waals surface area contributed by atoms with E-state index >= 15 is 0 Å². The van der Waals surface area contributed by atoms with E-state index in [0.717, 1.165) is 33.3 Å². The van der Waals surface area contributed by atoms with E-state index < -0.39 is 0 Å². The van der Waals surface area contributed by atoms with Crippen LogP contribution in [0.4, 0.5) is 5.82 Å². The molecule has 0 bridgehead atoms. The average molecular weight is 342 g/mol. The van der Waals surface area contributed by atoms with Gasteiger partial charge in [-0.25, -0.2) is 0 Å². The molecule has 0 saturated heterocycles. The normalized spacial score (nSPS) is 10.8. The molecule has 3 aromatic rings. The number of rotatable bonds is 3. The second kappa shape index (κ2) is 5.74. The number of aromatic nitrogens is 2. The Hall–Kier alpha value is -2.07. The number of nitrogens with two attached hydrogens (primary N) is 1. The number of halogens is 1. The molecule has 0 aliphatic carbocycles. The van der Waals surface area contributed by atoms with Crippen molar-refractivity contribution in [2.75, 3.05) is 5.73 Å². The second-order valence-corrected chi connectivity index (χ2v) is 5.74. The van der Waals surface area contributed by atoms with Crippen molar-refractivity contribution in [1.29, 1.82) is 0 Å². The lowest BCUT2D eigenvalue weighted by Gasteiger charge is -2.07. The minimum atomic E-state index is 0.511. The predicted octanol–water partition coefficient (Wildman–Crippen LogP) is 4.65. The Morgan fingerprint density at radius 1 is 1.10 bits per heavy atom. The Bertz CT molecular complexity index is 760. The molecule has 4 heteroatoms. The fraction of sp³-hybridized carbons (Fsp3) is 0.118. The number of nitrogens with one attached hydrogen (secondary N) is 1. The predicted molar refractivity (Wildman–Crippen MR) is 91.0 cm³/mol. The SMILES string of the molecule is CCc1ccc(-c2[nH]nc(N)c2-c2ccccc2Br)cc1. The highest BCUT2D eigenvalue weighted by Gasteiger charge is 2.16. The van der Waals surface area contributed by atoms with Gasteiger partial charge in [0.05, 0.1) is 11.3 Å². The van der Waals surface area contributed by atoms with E-state index in [2.05, 4.69) is 57.3 Å². The van der Waals surface area contributed by atoms with Crippen LogP contribution in [-0.2, 0) is 6.42 Å². The van der Waals surface area contributed by atoms with Crippen LogP contribution in [0.5, 0.6) is 0 Å². The Balaban J connectivity index is 2.15. The number of benzene rings is 2. The fourth-order valence-corrected chi connectivity index (χ4v) is 2.89. The average Bonchev–Trinajstić information content (AvgIpc) is 2.89. The summed E-state index contributed by atoms with van der Waals surface area (Å²) in [6, 6.07) is 16.5. The van der Waals surface area contributed by atoms with Gasteiger partial charge < -0.3 is 5.73 Å². The van der Waals surface area contributed by atoms with E-state index in [9.17, 15) is 0 Å². The summed E-state index contributed by atoms with van der Waals surface area (Å²) in [5.74, 6) is 0.511. The van der Waals surface area contributed by atoms with Crippen molar-refractivity contribution in [1.82, 2.24) is 10.2 Å². The number of H-pyrrole nitrogens is 1. The summed E-state index contributed by atoms with van der Waals surface area (Å²) in [5.41, 5.74) is 11.4. The molecule has 3 nitrogen and oxygen atoms in total.